The van der Waals surface area contributed by atoms with Crippen molar-refractivity contribution >= 4 is 11.6 Å². The van der Waals surface area contributed by atoms with Crippen LogP contribution >= 0.6 is 0 Å². The number of carbonyl (C=O) groups excluding carboxylic acids is 1. The van der Waals surface area contributed by atoms with Crippen molar-refractivity contribution in [2.45, 2.75) is 13.0 Å². The minimum atomic E-state index is -0.597. The molecule has 1 atom stereocenters. The van der Waals surface area contributed by atoms with Crippen LogP contribution in [0.25, 0.3) is 0 Å². The molecule has 0 aliphatic carbocycles. The highest BCUT2D eigenvalue weighted by molar-refractivity contribution is 5.99. The Labute approximate surface area is 122 Å². The zero-order valence-corrected chi connectivity index (χ0v) is 11.9. The van der Waals surface area contributed by atoms with Gasteiger partial charge in [0.2, 0.25) is 0 Å². The number of methoxy groups -OCH3 is 1. The highest BCUT2D eigenvalue weighted by Crippen LogP contribution is 2.20. The van der Waals surface area contributed by atoms with Crippen LogP contribution in [-0.2, 0) is 0 Å². The first kappa shape index (κ1) is 14.8. The molecular formula is C16H17FN2O2. The molecule has 2 rings (SSSR count). The van der Waals surface area contributed by atoms with Crippen LogP contribution in [-0.4, -0.2) is 13.0 Å². The van der Waals surface area contributed by atoms with Gasteiger partial charge in [0, 0.05) is 0 Å². The summed E-state index contributed by atoms with van der Waals surface area (Å²) in [5.74, 6) is -0.262. The summed E-state index contributed by atoms with van der Waals surface area (Å²) in [6.45, 7) is 1.84. The molecule has 2 aromatic carbocycles. The lowest BCUT2D eigenvalue weighted by Crippen LogP contribution is -2.27. The highest BCUT2D eigenvalue weighted by atomic mass is 19.1. The van der Waals surface area contributed by atoms with Gasteiger partial charge in [-0.3, -0.25) is 4.79 Å². The van der Waals surface area contributed by atoms with Crippen molar-refractivity contribution in [2.24, 2.45) is 0 Å². The lowest BCUT2D eigenvalue weighted by molar-refractivity contribution is 0.0940. The number of ether oxygens (including phenoxy) is 1. The molecule has 0 aliphatic heterocycles. The van der Waals surface area contributed by atoms with Gasteiger partial charge in [0.25, 0.3) is 5.91 Å². The molecule has 1 amide bonds. The fourth-order valence-corrected chi connectivity index (χ4v) is 1.99. The second-order valence-corrected chi connectivity index (χ2v) is 4.67. The Morgan fingerprint density at radius 1 is 1.24 bits per heavy atom. The van der Waals surface area contributed by atoms with E-state index in [1.807, 2.05) is 31.2 Å². The summed E-state index contributed by atoms with van der Waals surface area (Å²) in [5.41, 5.74) is 6.49. The Bertz CT molecular complexity index is 641. The third-order valence-corrected chi connectivity index (χ3v) is 3.26. The van der Waals surface area contributed by atoms with Gasteiger partial charge in [-0.25, -0.2) is 4.39 Å². The maximum atomic E-state index is 13.4. The molecule has 0 radical (unpaired) electrons. The van der Waals surface area contributed by atoms with E-state index in [1.54, 1.807) is 7.11 Å². The summed E-state index contributed by atoms with van der Waals surface area (Å²) >= 11 is 0. The van der Waals surface area contributed by atoms with Gasteiger partial charge in [-0.05, 0) is 36.8 Å². The Hall–Kier alpha value is -2.56. The van der Waals surface area contributed by atoms with Crippen LogP contribution in [0.1, 0.15) is 28.9 Å². The summed E-state index contributed by atoms with van der Waals surface area (Å²) in [6, 6.07) is 11.3. The first-order valence-electron chi connectivity index (χ1n) is 6.51. The Morgan fingerprint density at radius 2 is 1.90 bits per heavy atom. The predicted molar refractivity (Wildman–Crippen MR) is 79.7 cm³/mol. The van der Waals surface area contributed by atoms with E-state index < -0.39 is 11.7 Å². The van der Waals surface area contributed by atoms with E-state index in [1.165, 1.54) is 18.2 Å². The number of halogens is 1. The second-order valence-electron chi connectivity index (χ2n) is 4.67. The van der Waals surface area contributed by atoms with Crippen LogP contribution in [0, 0.1) is 5.82 Å². The molecule has 0 spiro atoms. The number of nitrogens with one attached hydrogen (secondary N) is 1. The van der Waals surface area contributed by atoms with E-state index in [2.05, 4.69) is 5.32 Å². The number of para-hydroxylation sites is 1. The van der Waals surface area contributed by atoms with E-state index in [9.17, 15) is 9.18 Å². The number of hydrogen-bond donors (Lipinski definition) is 2. The summed E-state index contributed by atoms with van der Waals surface area (Å²) in [4.78, 5) is 12.1. The van der Waals surface area contributed by atoms with Gasteiger partial charge in [0.1, 0.15) is 11.6 Å². The average Bonchev–Trinajstić information content (AvgIpc) is 2.50. The molecule has 0 aromatic heterocycles. The maximum Gasteiger partial charge on any atom is 0.253 e. The van der Waals surface area contributed by atoms with Gasteiger partial charge < -0.3 is 15.8 Å². The zero-order valence-electron chi connectivity index (χ0n) is 11.9. The summed E-state index contributed by atoms with van der Waals surface area (Å²) in [6.07, 6.45) is 0. The van der Waals surface area contributed by atoms with E-state index in [0.29, 0.717) is 0 Å². The second kappa shape index (κ2) is 6.26. The van der Waals surface area contributed by atoms with Crippen molar-refractivity contribution in [3.05, 3.63) is 59.4 Å². The molecular weight excluding hydrogens is 271 g/mol. The van der Waals surface area contributed by atoms with Gasteiger partial charge in [-0.15, -0.1) is 0 Å². The first-order chi connectivity index (χ1) is 10.0. The molecule has 0 saturated heterocycles. The summed E-state index contributed by atoms with van der Waals surface area (Å²) < 4.78 is 18.4. The quantitative estimate of drug-likeness (QED) is 0.850. The van der Waals surface area contributed by atoms with Gasteiger partial charge in [-0.1, -0.05) is 18.2 Å². The van der Waals surface area contributed by atoms with E-state index in [-0.39, 0.29) is 17.3 Å². The number of benzene rings is 2. The fourth-order valence-electron chi connectivity index (χ4n) is 1.99. The molecule has 0 heterocycles. The number of anilines is 1. The molecule has 5 heteroatoms. The molecule has 0 bridgehead atoms. The molecule has 0 fully saturated rings. The van der Waals surface area contributed by atoms with Crippen molar-refractivity contribution in [3.8, 4) is 5.75 Å². The van der Waals surface area contributed by atoms with Crippen molar-refractivity contribution in [1.29, 1.82) is 0 Å². The molecule has 110 valence electrons. The highest BCUT2D eigenvalue weighted by Gasteiger charge is 2.15. The molecule has 2 aromatic rings. The van der Waals surface area contributed by atoms with Crippen molar-refractivity contribution < 1.29 is 13.9 Å². The van der Waals surface area contributed by atoms with Crippen LogP contribution < -0.4 is 15.8 Å². The van der Waals surface area contributed by atoms with Crippen LogP contribution in [0.2, 0.25) is 0 Å². The zero-order chi connectivity index (χ0) is 15.4. The minimum Gasteiger partial charge on any atom is -0.497 e. The average molecular weight is 288 g/mol. The van der Waals surface area contributed by atoms with Crippen LogP contribution in [0.15, 0.2) is 42.5 Å². The lowest BCUT2D eigenvalue weighted by atomic mass is 10.1. The SMILES string of the molecule is COc1ccc(C(C)NC(=O)c2cccc(F)c2N)cc1. The largest absolute Gasteiger partial charge is 0.497 e. The molecule has 1 unspecified atom stereocenters. The topological polar surface area (TPSA) is 64.3 Å². The lowest BCUT2D eigenvalue weighted by Gasteiger charge is -2.15. The van der Waals surface area contributed by atoms with Gasteiger partial charge in [0.15, 0.2) is 0 Å². The normalized spacial score (nSPS) is 11.8. The summed E-state index contributed by atoms with van der Waals surface area (Å²) in [7, 11) is 1.59. The van der Waals surface area contributed by atoms with Crippen molar-refractivity contribution in [2.75, 3.05) is 12.8 Å². The number of nitrogens with two attached hydrogens (primary N) is 1. The van der Waals surface area contributed by atoms with E-state index in [0.717, 1.165) is 11.3 Å². The predicted octanol–water partition coefficient (Wildman–Crippen LogP) is 2.91. The van der Waals surface area contributed by atoms with Crippen LogP contribution in [0.5, 0.6) is 5.75 Å². The summed E-state index contributed by atoms with van der Waals surface area (Å²) in [5, 5.41) is 2.79. The van der Waals surface area contributed by atoms with Crippen molar-refractivity contribution in [3.63, 3.8) is 0 Å². The molecule has 21 heavy (non-hydrogen) atoms. The van der Waals surface area contributed by atoms with E-state index >= 15 is 0 Å². The number of rotatable bonds is 4. The third-order valence-electron chi connectivity index (χ3n) is 3.26. The Balaban J connectivity index is 2.12. The van der Waals surface area contributed by atoms with Crippen molar-refractivity contribution in [1.82, 2.24) is 5.32 Å². The molecule has 0 saturated carbocycles. The number of hydrogen-bond acceptors (Lipinski definition) is 3. The standard InChI is InChI=1S/C16H17FN2O2/c1-10(11-6-8-12(21-2)9-7-11)19-16(20)13-4-3-5-14(17)15(13)18/h3-10H,18H2,1-2H3,(H,19,20). The monoisotopic (exact) mass is 288 g/mol. The Morgan fingerprint density at radius 3 is 2.52 bits per heavy atom. The number of nitrogen functional groups attached to an aromatic ring is 1. The number of carbonyl (C=O) groups is 1. The van der Waals surface area contributed by atoms with E-state index in [4.69, 9.17) is 10.5 Å². The van der Waals surface area contributed by atoms with Crippen LogP contribution in [0.3, 0.4) is 0 Å². The smallest absolute Gasteiger partial charge is 0.253 e. The maximum absolute atomic E-state index is 13.4. The molecule has 3 N–H and O–H groups in total. The van der Waals surface area contributed by atoms with Gasteiger partial charge >= 0.3 is 0 Å². The molecule has 0 aliphatic rings. The minimum absolute atomic E-state index is 0.135. The Kier molecular flexibility index (Phi) is 4.42. The number of amides is 1. The van der Waals surface area contributed by atoms with Gasteiger partial charge in [0.05, 0.1) is 24.4 Å². The fraction of sp³-hybridized carbons (Fsp3) is 0.188. The van der Waals surface area contributed by atoms with Gasteiger partial charge in [-0.2, -0.15) is 0 Å². The molecule has 4 nitrogen and oxygen atoms in total. The first-order valence-corrected chi connectivity index (χ1v) is 6.51. The third kappa shape index (κ3) is 3.31. The van der Waals surface area contributed by atoms with Crippen LogP contribution in [0.4, 0.5) is 10.1 Å².